The number of rotatable bonds is 4. The summed E-state index contributed by atoms with van der Waals surface area (Å²) in [5.74, 6) is -1.75. The van der Waals surface area contributed by atoms with Crippen molar-refractivity contribution < 1.29 is 14.7 Å². The van der Waals surface area contributed by atoms with Crippen molar-refractivity contribution in [2.75, 3.05) is 5.32 Å². The summed E-state index contributed by atoms with van der Waals surface area (Å²) in [6.07, 6.45) is 4.74. The van der Waals surface area contributed by atoms with Crippen LogP contribution in [0.2, 0.25) is 0 Å². The van der Waals surface area contributed by atoms with E-state index in [-0.39, 0.29) is 17.7 Å². The molecule has 2 bridgehead atoms. The molecule has 1 aromatic carbocycles. The maximum Gasteiger partial charge on any atom is 0.307 e. The Labute approximate surface area is 130 Å². The number of fused-ring (bicyclic) bond motifs is 2. The Morgan fingerprint density at radius 2 is 1.77 bits per heavy atom. The summed E-state index contributed by atoms with van der Waals surface area (Å²) >= 11 is 0. The summed E-state index contributed by atoms with van der Waals surface area (Å²) in [5.41, 5.74) is 1.86. The number of carboxylic acids is 1. The Hall–Kier alpha value is -2.10. The minimum absolute atomic E-state index is 0.00130. The number of benzene rings is 1. The predicted octanol–water partition coefficient (Wildman–Crippen LogP) is 3.27. The van der Waals surface area contributed by atoms with Crippen LogP contribution in [0.1, 0.15) is 31.7 Å². The van der Waals surface area contributed by atoms with E-state index in [1.807, 2.05) is 36.4 Å². The number of anilines is 1. The van der Waals surface area contributed by atoms with Crippen molar-refractivity contribution in [1.82, 2.24) is 0 Å². The smallest absolute Gasteiger partial charge is 0.307 e. The maximum absolute atomic E-state index is 12.7. The van der Waals surface area contributed by atoms with Gasteiger partial charge in [0, 0.05) is 5.69 Å². The molecule has 2 N–H and O–H groups in total. The third-order valence-electron chi connectivity index (χ3n) is 4.89. The van der Waals surface area contributed by atoms with Crippen molar-refractivity contribution in [3.8, 4) is 0 Å². The number of aliphatic carboxylic acids is 1. The van der Waals surface area contributed by atoms with Crippen LogP contribution in [-0.2, 0) is 9.59 Å². The minimum Gasteiger partial charge on any atom is -0.481 e. The summed E-state index contributed by atoms with van der Waals surface area (Å²) in [5, 5.41) is 12.4. The molecule has 0 heterocycles. The number of carbonyl (C=O) groups is 2. The first-order valence-electron chi connectivity index (χ1n) is 7.80. The van der Waals surface area contributed by atoms with Crippen LogP contribution in [0.5, 0.6) is 0 Å². The molecule has 2 aliphatic rings. The molecule has 0 unspecified atom stereocenters. The SMILES string of the molecule is CC(C)c1ccccc1NC(=O)[C@H]1[C@@H](C(=O)O)[C@H]2C=C[C@@H]1C2. The molecule has 1 amide bonds. The number of amides is 1. The molecule has 3 rings (SSSR count). The van der Waals surface area contributed by atoms with E-state index in [4.69, 9.17) is 0 Å². The first-order chi connectivity index (χ1) is 10.5. The molecule has 116 valence electrons. The van der Waals surface area contributed by atoms with E-state index in [2.05, 4.69) is 19.2 Å². The summed E-state index contributed by atoms with van der Waals surface area (Å²) in [6, 6.07) is 7.71. The number of para-hydroxylation sites is 1. The van der Waals surface area contributed by atoms with Crippen LogP contribution in [0.4, 0.5) is 5.69 Å². The predicted molar refractivity (Wildman–Crippen MR) is 84.5 cm³/mol. The molecular weight excluding hydrogens is 278 g/mol. The maximum atomic E-state index is 12.7. The van der Waals surface area contributed by atoms with Gasteiger partial charge >= 0.3 is 5.97 Å². The zero-order valence-electron chi connectivity index (χ0n) is 12.8. The molecule has 1 saturated carbocycles. The molecular formula is C18H21NO3. The van der Waals surface area contributed by atoms with Crippen LogP contribution in [-0.4, -0.2) is 17.0 Å². The van der Waals surface area contributed by atoms with Gasteiger partial charge < -0.3 is 10.4 Å². The van der Waals surface area contributed by atoms with Crippen molar-refractivity contribution in [2.24, 2.45) is 23.7 Å². The fourth-order valence-corrected chi connectivity index (χ4v) is 3.85. The van der Waals surface area contributed by atoms with Crippen LogP contribution in [0.3, 0.4) is 0 Å². The second-order valence-corrected chi connectivity index (χ2v) is 6.57. The molecule has 1 aromatic rings. The van der Waals surface area contributed by atoms with E-state index in [0.717, 1.165) is 17.7 Å². The van der Waals surface area contributed by atoms with Gasteiger partial charge in [0.1, 0.15) is 0 Å². The highest BCUT2D eigenvalue weighted by Gasteiger charge is 2.51. The van der Waals surface area contributed by atoms with Crippen molar-refractivity contribution in [3.63, 3.8) is 0 Å². The summed E-state index contributed by atoms with van der Waals surface area (Å²) < 4.78 is 0. The number of hydrogen-bond donors (Lipinski definition) is 2. The Morgan fingerprint density at radius 3 is 2.41 bits per heavy atom. The Morgan fingerprint density at radius 1 is 1.14 bits per heavy atom. The topological polar surface area (TPSA) is 66.4 Å². The molecule has 2 aliphatic carbocycles. The molecule has 0 saturated heterocycles. The van der Waals surface area contributed by atoms with E-state index < -0.39 is 17.8 Å². The van der Waals surface area contributed by atoms with Gasteiger partial charge in [0.25, 0.3) is 0 Å². The van der Waals surface area contributed by atoms with Gasteiger partial charge in [-0.1, -0.05) is 44.2 Å². The quantitative estimate of drug-likeness (QED) is 0.839. The summed E-state index contributed by atoms with van der Waals surface area (Å²) in [7, 11) is 0. The fourth-order valence-electron chi connectivity index (χ4n) is 3.85. The minimum atomic E-state index is -0.867. The lowest BCUT2D eigenvalue weighted by Gasteiger charge is -2.24. The molecule has 4 heteroatoms. The second-order valence-electron chi connectivity index (χ2n) is 6.57. The first kappa shape index (κ1) is 14.8. The highest BCUT2D eigenvalue weighted by molar-refractivity contribution is 5.97. The third-order valence-corrected chi connectivity index (χ3v) is 4.89. The van der Waals surface area contributed by atoms with Gasteiger partial charge in [-0.2, -0.15) is 0 Å². The normalized spacial score (nSPS) is 29.0. The Kier molecular flexibility index (Phi) is 3.77. The molecule has 22 heavy (non-hydrogen) atoms. The van der Waals surface area contributed by atoms with E-state index in [1.165, 1.54) is 0 Å². The molecule has 0 spiro atoms. The van der Waals surface area contributed by atoms with Gasteiger partial charge in [-0.3, -0.25) is 9.59 Å². The van der Waals surface area contributed by atoms with Gasteiger partial charge in [-0.25, -0.2) is 0 Å². The highest BCUT2D eigenvalue weighted by Crippen LogP contribution is 2.48. The van der Waals surface area contributed by atoms with Crippen molar-refractivity contribution in [2.45, 2.75) is 26.2 Å². The summed E-state index contributed by atoms with van der Waals surface area (Å²) in [4.78, 5) is 24.2. The van der Waals surface area contributed by atoms with Crippen LogP contribution in [0, 0.1) is 23.7 Å². The van der Waals surface area contributed by atoms with Crippen LogP contribution >= 0.6 is 0 Å². The van der Waals surface area contributed by atoms with Gasteiger partial charge in [-0.05, 0) is 35.8 Å². The van der Waals surface area contributed by atoms with Crippen LogP contribution < -0.4 is 5.32 Å². The molecule has 0 aliphatic heterocycles. The number of carbonyl (C=O) groups excluding carboxylic acids is 1. The average molecular weight is 299 g/mol. The van der Waals surface area contributed by atoms with Gasteiger partial charge in [-0.15, -0.1) is 0 Å². The monoisotopic (exact) mass is 299 g/mol. The lowest BCUT2D eigenvalue weighted by Crippen LogP contribution is -2.36. The van der Waals surface area contributed by atoms with Crippen LogP contribution in [0.25, 0.3) is 0 Å². The molecule has 0 radical (unpaired) electrons. The van der Waals surface area contributed by atoms with Crippen molar-refractivity contribution >= 4 is 17.6 Å². The number of allylic oxidation sites excluding steroid dienone is 2. The lowest BCUT2D eigenvalue weighted by molar-refractivity contribution is -0.146. The largest absolute Gasteiger partial charge is 0.481 e. The zero-order valence-corrected chi connectivity index (χ0v) is 12.8. The molecule has 0 aromatic heterocycles. The third kappa shape index (κ3) is 2.43. The van der Waals surface area contributed by atoms with E-state index in [9.17, 15) is 14.7 Å². The van der Waals surface area contributed by atoms with E-state index >= 15 is 0 Å². The van der Waals surface area contributed by atoms with Crippen molar-refractivity contribution in [3.05, 3.63) is 42.0 Å². The molecule has 4 atom stereocenters. The number of hydrogen-bond acceptors (Lipinski definition) is 2. The first-order valence-corrected chi connectivity index (χ1v) is 7.80. The standard InChI is InChI=1S/C18H21NO3/c1-10(2)13-5-3-4-6-14(13)19-17(20)15-11-7-8-12(9-11)16(15)18(21)22/h3-8,10-12,15-16H,9H2,1-2H3,(H,19,20)(H,21,22)/t11-,12+,15-,16+/m1/s1. The number of nitrogens with one attached hydrogen (secondary N) is 1. The van der Waals surface area contributed by atoms with Crippen molar-refractivity contribution in [1.29, 1.82) is 0 Å². The van der Waals surface area contributed by atoms with Gasteiger partial charge in [0.05, 0.1) is 11.8 Å². The zero-order chi connectivity index (χ0) is 15.9. The van der Waals surface area contributed by atoms with E-state index in [0.29, 0.717) is 5.92 Å². The second kappa shape index (κ2) is 5.59. The van der Waals surface area contributed by atoms with Crippen LogP contribution in [0.15, 0.2) is 36.4 Å². The number of carboxylic acid groups (broad SMARTS) is 1. The average Bonchev–Trinajstić information content (AvgIpc) is 3.08. The van der Waals surface area contributed by atoms with E-state index in [1.54, 1.807) is 0 Å². The summed E-state index contributed by atoms with van der Waals surface area (Å²) in [6.45, 7) is 4.15. The Bertz CT molecular complexity index is 635. The molecule has 1 fully saturated rings. The highest BCUT2D eigenvalue weighted by atomic mass is 16.4. The lowest BCUT2D eigenvalue weighted by atomic mass is 9.82. The fraction of sp³-hybridized carbons (Fsp3) is 0.444. The van der Waals surface area contributed by atoms with Gasteiger partial charge in [0.15, 0.2) is 0 Å². The van der Waals surface area contributed by atoms with Gasteiger partial charge in [0.2, 0.25) is 5.91 Å². The Balaban J connectivity index is 1.83. The molecule has 4 nitrogen and oxygen atoms in total.